The van der Waals surface area contributed by atoms with Crippen LogP contribution in [-0.4, -0.2) is 35.1 Å². The van der Waals surface area contributed by atoms with Gasteiger partial charge >= 0.3 is 13.4 Å². The Labute approximate surface area is 138 Å². The zero-order valence-corrected chi connectivity index (χ0v) is 17.0. The molecular weight excluding hydrogens is 362 g/mol. The molecule has 0 rings (SSSR count). The Morgan fingerprint density at radius 3 is 1.00 bits per heavy atom. The molecule has 0 bridgehead atoms. The van der Waals surface area contributed by atoms with Crippen molar-refractivity contribution in [2.75, 3.05) is 5.75 Å². The topological polar surface area (TPSA) is 121 Å². The summed E-state index contributed by atoms with van der Waals surface area (Å²) < 4.78 is 0. The standard InChI is InChI=1S/C5H12S.2C2H6.2H3O3PS/c1-2-3-4-5-6;2*1-2;2*1-4(2,3)5/h6H,2-5H2,1H3;2*1-2H3;2*(H3,1,2,3,5). The van der Waals surface area contributed by atoms with Crippen molar-refractivity contribution in [1.82, 2.24) is 0 Å². The number of hydrogen-bond acceptors (Lipinski definition) is 3. The van der Waals surface area contributed by atoms with Crippen LogP contribution in [0.5, 0.6) is 0 Å². The van der Waals surface area contributed by atoms with Crippen LogP contribution in [0.25, 0.3) is 0 Å². The third kappa shape index (κ3) is 338. The van der Waals surface area contributed by atoms with Crippen LogP contribution in [0.4, 0.5) is 0 Å². The van der Waals surface area contributed by atoms with Crippen LogP contribution < -0.4 is 0 Å². The number of hydrogen-bond donors (Lipinski definition) is 7. The van der Waals surface area contributed by atoms with E-state index in [1.54, 1.807) is 0 Å². The van der Waals surface area contributed by atoms with Gasteiger partial charge in [0.2, 0.25) is 0 Å². The third-order valence-electron chi connectivity index (χ3n) is 0.762. The molecule has 20 heavy (non-hydrogen) atoms. The number of rotatable bonds is 3. The molecule has 0 saturated carbocycles. The maximum absolute atomic E-state index is 7.56. The zero-order chi connectivity index (χ0) is 17.8. The molecule has 0 aliphatic heterocycles. The fourth-order valence-electron chi connectivity index (χ4n) is 0.362. The molecule has 0 atom stereocenters. The Balaban J connectivity index is -0.0000000501. The van der Waals surface area contributed by atoms with Crippen LogP contribution in [0.2, 0.25) is 0 Å². The number of thiol groups is 1. The molecule has 0 spiro atoms. The quantitative estimate of drug-likeness (QED) is 0.222. The van der Waals surface area contributed by atoms with E-state index in [9.17, 15) is 0 Å². The Morgan fingerprint density at radius 2 is 0.950 bits per heavy atom. The molecule has 0 amide bonds. The van der Waals surface area contributed by atoms with Gasteiger partial charge in [-0.05, 0) is 35.8 Å². The maximum atomic E-state index is 7.56. The highest BCUT2D eigenvalue weighted by molar-refractivity contribution is 8.06. The summed E-state index contributed by atoms with van der Waals surface area (Å²) in [5.41, 5.74) is 0. The molecule has 6 nitrogen and oxygen atoms in total. The van der Waals surface area contributed by atoms with Crippen LogP contribution in [0.3, 0.4) is 0 Å². The van der Waals surface area contributed by atoms with Gasteiger partial charge in [0.25, 0.3) is 0 Å². The first-order chi connectivity index (χ1) is 8.91. The normalized spacial score (nSPS) is 9.20. The fraction of sp³-hybridized carbons (Fsp3) is 1.00. The zero-order valence-electron chi connectivity index (χ0n) is 12.7. The van der Waals surface area contributed by atoms with Gasteiger partial charge in [-0.2, -0.15) is 12.6 Å². The second-order valence-corrected chi connectivity index (χ2v) is 7.90. The van der Waals surface area contributed by atoms with Crippen LogP contribution in [-0.2, 0) is 23.6 Å². The van der Waals surface area contributed by atoms with Crippen molar-refractivity contribution in [3.05, 3.63) is 0 Å². The average Bonchev–Trinajstić information content (AvgIpc) is 2.27. The predicted molar refractivity (Wildman–Crippen MR) is 98.0 cm³/mol. The Kier molecular flexibility index (Phi) is 42.0. The second kappa shape index (κ2) is 25.4. The SMILES string of the molecule is CC.CC.CCCCCS.OP(O)(O)=S.OP(O)(O)=S. The first-order valence-electron chi connectivity index (χ1n) is 6.09. The van der Waals surface area contributed by atoms with Gasteiger partial charge in [0.1, 0.15) is 0 Å². The summed E-state index contributed by atoms with van der Waals surface area (Å²) >= 11 is 11.3. The van der Waals surface area contributed by atoms with Gasteiger partial charge < -0.3 is 29.4 Å². The summed E-state index contributed by atoms with van der Waals surface area (Å²) in [6.07, 6.45) is 3.92. The van der Waals surface area contributed by atoms with Crippen molar-refractivity contribution < 1.29 is 29.4 Å². The van der Waals surface area contributed by atoms with Gasteiger partial charge in [-0.1, -0.05) is 47.5 Å². The molecule has 0 saturated heterocycles. The molecule has 0 heterocycles. The van der Waals surface area contributed by atoms with Gasteiger partial charge in [0, 0.05) is 0 Å². The van der Waals surface area contributed by atoms with Gasteiger partial charge in [-0.25, -0.2) is 0 Å². The minimum Gasteiger partial charge on any atom is -0.325 e. The van der Waals surface area contributed by atoms with Crippen molar-refractivity contribution >= 4 is 49.7 Å². The first kappa shape index (κ1) is 33.1. The van der Waals surface area contributed by atoms with E-state index in [0.29, 0.717) is 0 Å². The fourth-order valence-corrected chi connectivity index (χ4v) is 0.585. The lowest BCUT2D eigenvalue weighted by molar-refractivity contribution is 0.361. The van der Waals surface area contributed by atoms with Crippen molar-refractivity contribution in [3.63, 3.8) is 0 Å². The molecule has 0 fully saturated rings. The molecule has 0 aliphatic carbocycles. The molecule has 11 heteroatoms. The van der Waals surface area contributed by atoms with E-state index in [1.807, 2.05) is 27.7 Å². The van der Waals surface area contributed by atoms with Crippen LogP contribution >= 0.6 is 26.1 Å². The molecule has 0 aromatic rings. The second-order valence-electron chi connectivity index (χ2n) is 2.46. The molecule has 6 N–H and O–H groups in total. The maximum Gasteiger partial charge on any atom is 0.319 e. The summed E-state index contributed by atoms with van der Waals surface area (Å²) in [5.74, 6) is 1.05. The van der Waals surface area contributed by atoms with Gasteiger partial charge in [-0.3, -0.25) is 0 Å². The summed E-state index contributed by atoms with van der Waals surface area (Å²) in [5, 5.41) is 0. The minimum atomic E-state index is -3.81. The Hall–Kier alpha value is 1.41. The third-order valence-corrected chi connectivity index (χ3v) is 1.08. The molecule has 0 aliphatic rings. The Bertz CT molecular complexity index is 191. The smallest absolute Gasteiger partial charge is 0.319 e. The van der Waals surface area contributed by atoms with Crippen molar-refractivity contribution in [3.8, 4) is 0 Å². The monoisotopic (exact) mass is 392 g/mol. The minimum absolute atomic E-state index is 1.05. The van der Waals surface area contributed by atoms with E-state index in [1.165, 1.54) is 19.3 Å². The lowest BCUT2D eigenvalue weighted by Crippen LogP contribution is -1.70. The lowest BCUT2D eigenvalue weighted by atomic mass is 10.3. The highest BCUT2D eigenvalue weighted by Crippen LogP contribution is 2.26. The van der Waals surface area contributed by atoms with E-state index >= 15 is 0 Å². The van der Waals surface area contributed by atoms with E-state index in [4.69, 9.17) is 29.4 Å². The van der Waals surface area contributed by atoms with Crippen molar-refractivity contribution in [1.29, 1.82) is 0 Å². The van der Waals surface area contributed by atoms with Crippen molar-refractivity contribution in [2.45, 2.75) is 53.9 Å². The Morgan fingerprint density at radius 1 is 0.750 bits per heavy atom. The van der Waals surface area contributed by atoms with E-state index < -0.39 is 13.4 Å². The first-order valence-corrected chi connectivity index (χ1v) is 12.0. The van der Waals surface area contributed by atoms with E-state index in [-0.39, 0.29) is 0 Å². The van der Waals surface area contributed by atoms with Crippen molar-refractivity contribution in [2.24, 2.45) is 0 Å². The highest BCUT2D eigenvalue weighted by Gasteiger charge is 1.92. The summed E-state index contributed by atoms with van der Waals surface area (Å²) in [6.45, 7) is 2.59. The summed E-state index contributed by atoms with van der Waals surface area (Å²) in [6, 6.07) is 0. The molecular formula is C9H30O6P2S3. The molecule has 0 radical (unpaired) electrons. The van der Waals surface area contributed by atoms with Crippen LogP contribution in [0.1, 0.15) is 53.9 Å². The van der Waals surface area contributed by atoms with Crippen LogP contribution in [0, 0.1) is 0 Å². The lowest BCUT2D eigenvalue weighted by Gasteiger charge is -1.88. The highest BCUT2D eigenvalue weighted by atomic mass is 32.5. The molecule has 0 aromatic heterocycles. The van der Waals surface area contributed by atoms with Gasteiger partial charge in [0.05, 0.1) is 0 Å². The molecule has 130 valence electrons. The van der Waals surface area contributed by atoms with E-state index in [2.05, 4.69) is 43.2 Å². The summed E-state index contributed by atoms with van der Waals surface area (Å²) in [7, 11) is 0. The average molecular weight is 392 g/mol. The van der Waals surface area contributed by atoms with E-state index in [0.717, 1.165) is 5.75 Å². The van der Waals surface area contributed by atoms with Crippen LogP contribution in [0.15, 0.2) is 0 Å². The summed E-state index contributed by atoms with van der Waals surface area (Å²) in [4.78, 5) is 45.3. The van der Waals surface area contributed by atoms with Gasteiger partial charge in [0.15, 0.2) is 0 Å². The number of unbranched alkanes of at least 4 members (excludes halogenated alkanes) is 2. The largest absolute Gasteiger partial charge is 0.325 e. The molecule has 0 unspecified atom stereocenters. The predicted octanol–water partition coefficient (Wildman–Crippen LogP) is 2.53. The molecule has 0 aromatic carbocycles. The van der Waals surface area contributed by atoms with Gasteiger partial charge in [-0.15, -0.1) is 0 Å².